The number of rotatable bonds is 6. The largest absolute Gasteiger partial charge is 0.376 e. The quantitative estimate of drug-likeness (QED) is 0.569. The van der Waals surface area contributed by atoms with E-state index >= 15 is 0 Å². The Hall–Kier alpha value is -1.67. The van der Waals surface area contributed by atoms with Crippen LogP contribution < -0.4 is 10.0 Å². The van der Waals surface area contributed by atoms with Crippen molar-refractivity contribution >= 4 is 21.4 Å². The average Bonchev–Trinajstić information content (AvgIpc) is 3.26. The SMILES string of the molecule is CC(C)NS(=O)(=O)c1ccc(NC2CC3CC2C2CCCC32)c([N+](=O)[O-])c1. The van der Waals surface area contributed by atoms with E-state index in [4.69, 9.17) is 0 Å². The Kier molecular flexibility index (Phi) is 4.66. The summed E-state index contributed by atoms with van der Waals surface area (Å²) < 4.78 is 27.2. The number of anilines is 1. The molecule has 0 aromatic heterocycles. The van der Waals surface area contributed by atoms with Crippen LogP contribution in [0.2, 0.25) is 0 Å². The maximum absolute atomic E-state index is 12.3. The molecule has 3 saturated carbocycles. The fourth-order valence-electron chi connectivity index (χ4n) is 5.76. The predicted octanol–water partition coefficient (Wildman–Crippen LogP) is 3.52. The van der Waals surface area contributed by atoms with Gasteiger partial charge in [0.2, 0.25) is 10.0 Å². The molecule has 5 unspecified atom stereocenters. The lowest BCUT2D eigenvalue weighted by Crippen LogP contribution is -2.34. The van der Waals surface area contributed by atoms with E-state index < -0.39 is 14.9 Å². The van der Waals surface area contributed by atoms with Crippen molar-refractivity contribution in [1.29, 1.82) is 0 Å². The first kappa shape index (κ1) is 18.7. The Morgan fingerprint density at radius 3 is 2.59 bits per heavy atom. The van der Waals surface area contributed by atoms with Crippen molar-refractivity contribution in [3.05, 3.63) is 28.3 Å². The van der Waals surface area contributed by atoms with Gasteiger partial charge in [-0.05, 0) is 75.3 Å². The van der Waals surface area contributed by atoms with E-state index in [-0.39, 0.29) is 22.7 Å². The van der Waals surface area contributed by atoms with Gasteiger partial charge in [0, 0.05) is 18.2 Å². The Labute approximate surface area is 160 Å². The van der Waals surface area contributed by atoms with Crippen molar-refractivity contribution in [3.63, 3.8) is 0 Å². The van der Waals surface area contributed by atoms with Crippen LogP contribution >= 0.6 is 0 Å². The molecule has 8 heteroatoms. The topological polar surface area (TPSA) is 101 Å². The zero-order chi connectivity index (χ0) is 19.3. The third kappa shape index (κ3) is 3.33. The summed E-state index contributed by atoms with van der Waals surface area (Å²) in [5.41, 5.74) is 0.253. The Bertz CT molecular complexity index is 855. The zero-order valence-electron chi connectivity index (χ0n) is 15.7. The van der Waals surface area contributed by atoms with Gasteiger partial charge in [-0.25, -0.2) is 13.1 Å². The second-order valence-corrected chi connectivity index (χ2v) is 10.3. The molecular weight excluding hydrogens is 366 g/mol. The molecule has 0 spiro atoms. The molecule has 2 bridgehead atoms. The zero-order valence-corrected chi connectivity index (χ0v) is 16.5. The van der Waals surface area contributed by atoms with Crippen LogP contribution in [0.3, 0.4) is 0 Å². The molecule has 0 saturated heterocycles. The fraction of sp³-hybridized carbons (Fsp3) is 0.684. The van der Waals surface area contributed by atoms with E-state index in [1.165, 1.54) is 37.8 Å². The van der Waals surface area contributed by atoms with Crippen LogP contribution in [0.5, 0.6) is 0 Å². The van der Waals surface area contributed by atoms with Gasteiger partial charge in [0.15, 0.2) is 0 Å². The van der Waals surface area contributed by atoms with Gasteiger partial charge in [-0.2, -0.15) is 0 Å². The minimum Gasteiger partial charge on any atom is -0.376 e. The number of nitrogens with zero attached hydrogens (tertiary/aromatic N) is 1. The Morgan fingerprint density at radius 2 is 1.89 bits per heavy atom. The van der Waals surface area contributed by atoms with Crippen LogP contribution in [-0.4, -0.2) is 25.4 Å². The number of sulfonamides is 1. The van der Waals surface area contributed by atoms with Crippen molar-refractivity contribution in [1.82, 2.24) is 4.72 Å². The number of nitro benzene ring substituents is 1. The number of benzene rings is 1. The molecule has 7 nitrogen and oxygen atoms in total. The summed E-state index contributed by atoms with van der Waals surface area (Å²) in [6.07, 6.45) is 6.23. The maximum atomic E-state index is 12.3. The molecule has 0 amide bonds. The third-order valence-electron chi connectivity index (χ3n) is 6.64. The third-order valence-corrected chi connectivity index (χ3v) is 8.29. The highest BCUT2D eigenvalue weighted by molar-refractivity contribution is 7.89. The van der Waals surface area contributed by atoms with Gasteiger partial charge in [-0.3, -0.25) is 10.1 Å². The van der Waals surface area contributed by atoms with Gasteiger partial charge < -0.3 is 5.32 Å². The van der Waals surface area contributed by atoms with E-state index in [1.54, 1.807) is 19.9 Å². The van der Waals surface area contributed by atoms with E-state index in [2.05, 4.69) is 10.0 Å². The predicted molar refractivity (Wildman–Crippen MR) is 103 cm³/mol. The van der Waals surface area contributed by atoms with Gasteiger partial charge in [0.25, 0.3) is 5.69 Å². The molecule has 0 heterocycles. The second-order valence-electron chi connectivity index (χ2n) is 8.62. The van der Waals surface area contributed by atoms with Crippen LogP contribution in [0.15, 0.2) is 23.1 Å². The van der Waals surface area contributed by atoms with Crippen molar-refractivity contribution in [2.45, 2.75) is 62.9 Å². The first-order chi connectivity index (χ1) is 12.8. The molecule has 4 rings (SSSR count). The molecule has 1 aromatic rings. The van der Waals surface area contributed by atoms with E-state index in [0.717, 1.165) is 24.2 Å². The number of fused-ring (bicyclic) bond motifs is 5. The van der Waals surface area contributed by atoms with Crippen molar-refractivity contribution in [2.75, 3.05) is 5.32 Å². The lowest BCUT2D eigenvalue weighted by molar-refractivity contribution is -0.384. The highest BCUT2D eigenvalue weighted by atomic mass is 32.2. The molecule has 3 fully saturated rings. The van der Waals surface area contributed by atoms with E-state index in [9.17, 15) is 18.5 Å². The lowest BCUT2D eigenvalue weighted by atomic mass is 9.79. The van der Waals surface area contributed by atoms with E-state index in [0.29, 0.717) is 11.6 Å². The van der Waals surface area contributed by atoms with Crippen molar-refractivity contribution in [2.24, 2.45) is 23.7 Å². The minimum atomic E-state index is -3.76. The van der Waals surface area contributed by atoms with Gasteiger partial charge in [0.1, 0.15) is 5.69 Å². The molecule has 148 valence electrons. The molecule has 3 aliphatic rings. The Morgan fingerprint density at radius 1 is 1.15 bits per heavy atom. The van der Waals surface area contributed by atoms with Crippen LogP contribution in [0.4, 0.5) is 11.4 Å². The smallest absolute Gasteiger partial charge is 0.293 e. The monoisotopic (exact) mass is 393 g/mol. The normalized spacial score (nSPS) is 32.0. The van der Waals surface area contributed by atoms with Crippen LogP contribution in [0, 0.1) is 33.8 Å². The summed E-state index contributed by atoms with van der Waals surface area (Å²) >= 11 is 0. The number of hydrogen-bond donors (Lipinski definition) is 2. The molecule has 1 aromatic carbocycles. The summed E-state index contributed by atoms with van der Waals surface area (Å²) in [7, 11) is -3.76. The maximum Gasteiger partial charge on any atom is 0.293 e. The van der Waals surface area contributed by atoms with Crippen LogP contribution in [0.1, 0.15) is 46.0 Å². The summed E-state index contributed by atoms with van der Waals surface area (Å²) in [5.74, 6) is 2.95. The second kappa shape index (κ2) is 6.74. The first-order valence-electron chi connectivity index (χ1n) is 9.83. The summed E-state index contributed by atoms with van der Waals surface area (Å²) in [5, 5.41) is 15.0. The summed E-state index contributed by atoms with van der Waals surface area (Å²) in [6, 6.07) is 4.14. The van der Waals surface area contributed by atoms with Crippen LogP contribution in [0.25, 0.3) is 0 Å². The molecule has 0 radical (unpaired) electrons. The summed E-state index contributed by atoms with van der Waals surface area (Å²) in [4.78, 5) is 11.0. The van der Waals surface area contributed by atoms with Gasteiger partial charge in [0.05, 0.1) is 9.82 Å². The average molecular weight is 394 g/mol. The highest BCUT2D eigenvalue weighted by Crippen LogP contribution is 2.59. The summed E-state index contributed by atoms with van der Waals surface area (Å²) in [6.45, 7) is 3.43. The molecule has 2 N–H and O–H groups in total. The van der Waals surface area contributed by atoms with Crippen molar-refractivity contribution in [3.8, 4) is 0 Å². The van der Waals surface area contributed by atoms with Gasteiger partial charge in [-0.1, -0.05) is 6.42 Å². The van der Waals surface area contributed by atoms with Crippen LogP contribution in [-0.2, 0) is 10.0 Å². The first-order valence-corrected chi connectivity index (χ1v) is 11.3. The highest BCUT2D eigenvalue weighted by Gasteiger charge is 2.53. The number of nitro groups is 1. The number of hydrogen-bond acceptors (Lipinski definition) is 5. The lowest BCUT2D eigenvalue weighted by Gasteiger charge is -2.32. The molecule has 3 aliphatic carbocycles. The fourth-order valence-corrected chi connectivity index (χ4v) is 7.03. The molecule has 0 aliphatic heterocycles. The van der Waals surface area contributed by atoms with Gasteiger partial charge in [-0.15, -0.1) is 0 Å². The standard InChI is InChI=1S/C19H27N3O4S/c1-11(2)21-27(25,26)13-6-7-17(19(10-13)22(23)24)20-18-9-12-8-16(18)15-5-3-4-14(12)15/h6-7,10-12,14-16,18,20-21H,3-5,8-9H2,1-2H3. The molecule has 5 atom stereocenters. The van der Waals surface area contributed by atoms with Crippen molar-refractivity contribution < 1.29 is 13.3 Å². The number of nitrogens with one attached hydrogen (secondary N) is 2. The molecular formula is C19H27N3O4S. The minimum absolute atomic E-state index is 0.0720. The Balaban J connectivity index is 1.58. The van der Waals surface area contributed by atoms with E-state index in [1.807, 2.05) is 0 Å². The van der Waals surface area contributed by atoms with Gasteiger partial charge >= 0.3 is 0 Å². The molecule has 27 heavy (non-hydrogen) atoms.